The van der Waals surface area contributed by atoms with Crippen LogP contribution in [0.25, 0.3) is 0 Å². The third kappa shape index (κ3) is 4.57. The predicted molar refractivity (Wildman–Crippen MR) is 136 cm³/mol. The molecule has 0 aliphatic carbocycles. The number of carbonyl (C=O) groups excluding carboxylic acids is 1. The first kappa shape index (κ1) is 25.0. The van der Waals surface area contributed by atoms with Crippen molar-refractivity contribution in [3.05, 3.63) is 89.1 Å². The maximum Gasteiger partial charge on any atom is 0.298 e. The van der Waals surface area contributed by atoms with Crippen molar-refractivity contribution in [1.29, 1.82) is 0 Å². The minimum absolute atomic E-state index is 0.0898. The largest absolute Gasteiger partial charge is 0.597 e. The number of rotatable bonds is 7. The van der Waals surface area contributed by atoms with Gasteiger partial charge in [0.15, 0.2) is 11.4 Å². The number of amides is 1. The van der Waals surface area contributed by atoms with E-state index < -0.39 is 28.6 Å². The second kappa shape index (κ2) is 9.86. The van der Waals surface area contributed by atoms with Crippen LogP contribution in [-0.4, -0.2) is 46.9 Å². The molecule has 3 aromatic carbocycles. The highest BCUT2D eigenvalue weighted by atomic mass is 32.2. The van der Waals surface area contributed by atoms with Crippen LogP contribution in [0.3, 0.4) is 0 Å². The number of hydroxylamine groups is 1. The lowest BCUT2D eigenvalue weighted by atomic mass is 10.1. The molecule has 1 aliphatic heterocycles. The van der Waals surface area contributed by atoms with Crippen molar-refractivity contribution in [1.82, 2.24) is 0 Å². The molecule has 1 aliphatic rings. The van der Waals surface area contributed by atoms with E-state index in [2.05, 4.69) is 10.1 Å². The van der Waals surface area contributed by atoms with E-state index in [4.69, 9.17) is 0 Å². The Kier molecular flexibility index (Phi) is 6.84. The fraction of sp³-hybridized carbons (Fsp3) is 0.240. The molecule has 0 saturated carbocycles. The smallest absolute Gasteiger partial charge is 0.298 e. The zero-order chi connectivity index (χ0) is 26.0. The van der Waals surface area contributed by atoms with Gasteiger partial charge in [-0.05, 0) is 53.7 Å². The standard InChI is InChI=1S/C25H27N5O5S/c1-18-9-15-21(16-10-18)36(33,34)30-23-8-6-5-7-22(23)29(24(31)17-28(32)26-35-4)25(30)19-11-13-20(14-12-19)27(2)3/h5-16,25H,17H2,1-4H3/b28-26-. The molecule has 36 heavy (non-hydrogen) atoms. The lowest BCUT2D eigenvalue weighted by Gasteiger charge is -2.31. The van der Waals surface area contributed by atoms with E-state index in [0.717, 1.165) is 11.3 Å². The number of nitrogens with zero attached hydrogens (tertiary/aromatic N) is 5. The average molecular weight is 510 g/mol. The number of hydrogen-bond acceptors (Lipinski definition) is 7. The summed E-state index contributed by atoms with van der Waals surface area (Å²) in [6, 6.07) is 20.5. The van der Waals surface area contributed by atoms with E-state index in [0.29, 0.717) is 16.9 Å². The third-order valence-electron chi connectivity index (χ3n) is 5.84. The molecule has 188 valence electrons. The first-order valence-corrected chi connectivity index (χ1v) is 12.6. The van der Waals surface area contributed by atoms with E-state index in [-0.39, 0.29) is 9.76 Å². The van der Waals surface area contributed by atoms with Crippen molar-refractivity contribution in [2.75, 3.05) is 41.9 Å². The number of benzene rings is 3. The van der Waals surface area contributed by atoms with E-state index in [1.807, 2.05) is 38.1 Å². The summed E-state index contributed by atoms with van der Waals surface area (Å²) >= 11 is 0. The summed E-state index contributed by atoms with van der Waals surface area (Å²) in [5.41, 5.74) is 3.08. The summed E-state index contributed by atoms with van der Waals surface area (Å²) in [6.07, 6.45) is -1.06. The second-order valence-electron chi connectivity index (χ2n) is 8.50. The van der Waals surface area contributed by atoms with Crippen molar-refractivity contribution >= 4 is 33.0 Å². The van der Waals surface area contributed by atoms with Gasteiger partial charge in [-0.1, -0.05) is 42.0 Å². The molecule has 0 N–H and O–H groups in total. The number of sulfonamides is 1. The highest BCUT2D eigenvalue weighted by molar-refractivity contribution is 7.92. The van der Waals surface area contributed by atoms with Gasteiger partial charge in [0, 0.05) is 19.8 Å². The fourth-order valence-corrected chi connectivity index (χ4v) is 5.72. The molecule has 1 amide bonds. The van der Waals surface area contributed by atoms with Crippen molar-refractivity contribution < 1.29 is 22.9 Å². The summed E-state index contributed by atoms with van der Waals surface area (Å²) in [5.74, 6) is -0.637. The Labute approximate surface area is 210 Å². The van der Waals surface area contributed by atoms with Crippen LogP contribution in [0.15, 0.2) is 83.0 Å². The average Bonchev–Trinajstić information content (AvgIpc) is 3.20. The SMILES string of the molecule is CO/N=[N+](\[O-])CC(=O)N1c2ccccc2N(S(=O)(=O)c2ccc(C)cc2)C1c1ccc(N(C)C)cc1. The van der Waals surface area contributed by atoms with Crippen LogP contribution >= 0.6 is 0 Å². The number of fused-ring (bicyclic) bond motifs is 1. The molecular weight excluding hydrogens is 482 g/mol. The van der Waals surface area contributed by atoms with Crippen LogP contribution in [0, 0.1) is 12.1 Å². The van der Waals surface area contributed by atoms with Crippen molar-refractivity contribution in [3.63, 3.8) is 0 Å². The molecule has 0 saturated heterocycles. The number of hydrogen-bond donors (Lipinski definition) is 0. The Morgan fingerprint density at radius 2 is 1.64 bits per heavy atom. The molecule has 0 spiro atoms. The van der Waals surface area contributed by atoms with Crippen LogP contribution in [0.4, 0.5) is 17.1 Å². The normalized spacial score (nSPS) is 15.6. The maximum atomic E-state index is 14.0. The van der Waals surface area contributed by atoms with Gasteiger partial charge in [-0.25, -0.2) is 12.7 Å². The summed E-state index contributed by atoms with van der Waals surface area (Å²) in [5, 5.41) is 15.3. The van der Waals surface area contributed by atoms with E-state index in [1.54, 1.807) is 60.7 Å². The van der Waals surface area contributed by atoms with Gasteiger partial charge in [-0.2, -0.15) is 0 Å². The lowest BCUT2D eigenvalue weighted by Crippen LogP contribution is -2.44. The minimum atomic E-state index is -4.11. The zero-order valence-corrected chi connectivity index (χ0v) is 21.2. The topological polar surface area (TPSA) is 109 Å². The molecule has 0 aromatic heterocycles. The highest BCUT2D eigenvalue weighted by Gasteiger charge is 2.47. The van der Waals surface area contributed by atoms with Crippen LogP contribution < -0.4 is 14.1 Å². The molecule has 3 aromatic rings. The number of aryl methyl sites for hydroxylation is 1. The van der Waals surface area contributed by atoms with Gasteiger partial charge in [0.05, 0.1) is 16.3 Å². The van der Waals surface area contributed by atoms with Crippen LogP contribution in [0.2, 0.25) is 0 Å². The van der Waals surface area contributed by atoms with Crippen LogP contribution in [0.1, 0.15) is 17.3 Å². The maximum absolute atomic E-state index is 14.0. The van der Waals surface area contributed by atoms with Gasteiger partial charge < -0.3 is 14.9 Å². The molecule has 4 rings (SSSR count). The molecular formula is C25H27N5O5S. The Balaban J connectivity index is 1.91. The van der Waals surface area contributed by atoms with Crippen molar-refractivity contribution in [3.8, 4) is 0 Å². The summed E-state index contributed by atoms with van der Waals surface area (Å²) < 4.78 is 29.3. The molecule has 0 fully saturated rings. The van der Waals surface area contributed by atoms with Crippen LogP contribution in [0.5, 0.6) is 0 Å². The Morgan fingerprint density at radius 1 is 1.03 bits per heavy atom. The van der Waals surface area contributed by atoms with Gasteiger partial charge in [-0.3, -0.25) is 9.69 Å². The van der Waals surface area contributed by atoms with Gasteiger partial charge >= 0.3 is 0 Å². The predicted octanol–water partition coefficient (Wildman–Crippen LogP) is 3.83. The number of anilines is 3. The molecule has 1 unspecified atom stereocenters. The molecule has 1 heterocycles. The van der Waals surface area contributed by atoms with Crippen molar-refractivity contribution in [2.24, 2.45) is 5.28 Å². The number of carbonyl (C=O) groups is 1. The molecule has 0 bridgehead atoms. The van der Waals surface area contributed by atoms with Gasteiger partial charge in [-0.15, -0.1) is 0 Å². The van der Waals surface area contributed by atoms with Gasteiger partial charge in [0.2, 0.25) is 0 Å². The Bertz CT molecular complexity index is 1390. The number of para-hydroxylation sites is 2. The van der Waals surface area contributed by atoms with E-state index >= 15 is 0 Å². The Morgan fingerprint density at radius 3 is 2.22 bits per heavy atom. The Hall–Kier alpha value is -4.12. The minimum Gasteiger partial charge on any atom is -0.597 e. The summed E-state index contributed by atoms with van der Waals surface area (Å²) in [6.45, 7) is 1.21. The summed E-state index contributed by atoms with van der Waals surface area (Å²) in [7, 11) is 0.882. The lowest BCUT2D eigenvalue weighted by molar-refractivity contribution is -0.546. The van der Waals surface area contributed by atoms with Gasteiger partial charge in [0.1, 0.15) is 7.11 Å². The molecule has 10 nitrogen and oxygen atoms in total. The highest BCUT2D eigenvalue weighted by Crippen LogP contribution is 2.49. The van der Waals surface area contributed by atoms with E-state index in [1.165, 1.54) is 16.3 Å². The molecule has 1 atom stereocenters. The van der Waals surface area contributed by atoms with Crippen LogP contribution in [-0.2, 0) is 19.7 Å². The monoisotopic (exact) mass is 509 g/mol. The fourth-order valence-electron chi connectivity index (χ4n) is 4.12. The third-order valence-corrected chi connectivity index (χ3v) is 7.62. The molecule has 0 radical (unpaired) electrons. The zero-order valence-electron chi connectivity index (χ0n) is 20.4. The summed E-state index contributed by atoms with van der Waals surface area (Å²) in [4.78, 5) is 21.4. The quantitative estimate of drug-likeness (QED) is 0.272. The second-order valence-corrected chi connectivity index (χ2v) is 10.3. The van der Waals surface area contributed by atoms with Gasteiger partial charge in [0.25, 0.3) is 22.5 Å². The van der Waals surface area contributed by atoms with Crippen molar-refractivity contribution in [2.45, 2.75) is 18.0 Å². The first-order valence-electron chi connectivity index (χ1n) is 11.1. The first-order chi connectivity index (χ1) is 17.1. The van der Waals surface area contributed by atoms with E-state index in [9.17, 15) is 18.4 Å². The molecule has 11 heteroatoms.